The summed E-state index contributed by atoms with van der Waals surface area (Å²) in [7, 11) is 1.61. The number of carbonyl (C=O) groups excluding carboxylic acids is 1. The molecule has 0 aromatic heterocycles. The van der Waals surface area contributed by atoms with Crippen molar-refractivity contribution in [3.8, 4) is 11.5 Å². The molecule has 0 radical (unpaired) electrons. The van der Waals surface area contributed by atoms with Crippen LogP contribution >= 0.6 is 0 Å². The summed E-state index contributed by atoms with van der Waals surface area (Å²) in [5.41, 5.74) is 2.58. The number of hydrogen-bond donors (Lipinski definition) is 1. The number of nitrogens with one attached hydrogen (secondary N) is 1. The zero-order valence-electron chi connectivity index (χ0n) is 15.9. The maximum Gasteiger partial charge on any atom is 0.251 e. The summed E-state index contributed by atoms with van der Waals surface area (Å²) < 4.78 is 16.6. The average Bonchev–Trinajstić information content (AvgIpc) is 2.62. The molecule has 1 amide bonds. The maximum atomic E-state index is 12.4. The van der Waals surface area contributed by atoms with Crippen LogP contribution in [0.3, 0.4) is 0 Å². The summed E-state index contributed by atoms with van der Waals surface area (Å²) in [5, 5.41) is 2.91. The molecule has 1 atom stereocenters. The van der Waals surface area contributed by atoms with Gasteiger partial charge >= 0.3 is 0 Å². The fourth-order valence-electron chi connectivity index (χ4n) is 2.52. The van der Waals surface area contributed by atoms with Gasteiger partial charge in [0.1, 0.15) is 18.1 Å². The number of ether oxygens (including phenoxy) is 3. The highest BCUT2D eigenvalue weighted by molar-refractivity contribution is 5.94. The quantitative estimate of drug-likeness (QED) is 0.743. The molecule has 2 aromatic rings. The summed E-state index contributed by atoms with van der Waals surface area (Å²) in [6.07, 6.45) is 0. The van der Waals surface area contributed by atoms with Crippen molar-refractivity contribution in [2.45, 2.75) is 33.4 Å². The number of hydrogen-bond acceptors (Lipinski definition) is 4. The van der Waals surface area contributed by atoms with E-state index in [0.29, 0.717) is 25.4 Å². The topological polar surface area (TPSA) is 56.8 Å². The Kier molecular flexibility index (Phi) is 7.48. The van der Waals surface area contributed by atoms with Crippen molar-refractivity contribution in [1.82, 2.24) is 5.32 Å². The monoisotopic (exact) mass is 357 g/mol. The highest BCUT2D eigenvalue weighted by Gasteiger charge is 2.13. The van der Waals surface area contributed by atoms with Gasteiger partial charge in [-0.15, -0.1) is 0 Å². The lowest BCUT2D eigenvalue weighted by molar-refractivity contribution is 0.0905. The molecular formula is C21H27NO4. The summed E-state index contributed by atoms with van der Waals surface area (Å²) in [6, 6.07) is 13.2. The fraction of sp³-hybridized carbons (Fsp3) is 0.381. The fourth-order valence-corrected chi connectivity index (χ4v) is 2.52. The van der Waals surface area contributed by atoms with Gasteiger partial charge in [0.2, 0.25) is 0 Å². The molecule has 0 fully saturated rings. The number of benzene rings is 2. The van der Waals surface area contributed by atoms with Gasteiger partial charge in [-0.25, -0.2) is 0 Å². The van der Waals surface area contributed by atoms with Crippen LogP contribution in [0.4, 0.5) is 0 Å². The van der Waals surface area contributed by atoms with Crippen LogP contribution in [0.1, 0.15) is 35.3 Å². The molecule has 0 saturated carbocycles. The molecule has 0 aliphatic rings. The van der Waals surface area contributed by atoms with Gasteiger partial charge in [-0.2, -0.15) is 0 Å². The third-order valence-electron chi connectivity index (χ3n) is 3.83. The Bertz CT molecular complexity index is 712. The molecule has 0 heterocycles. The highest BCUT2D eigenvalue weighted by Crippen LogP contribution is 2.23. The van der Waals surface area contributed by atoms with Gasteiger partial charge in [-0.05, 0) is 51.1 Å². The molecule has 0 bridgehead atoms. The summed E-state index contributed by atoms with van der Waals surface area (Å²) in [5.74, 6) is 1.36. The van der Waals surface area contributed by atoms with E-state index in [1.165, 1.54) is 5.56 Å². The first-order valence-electron chi connectivity index (χ1n) is 8.78. The SMILES string of the molecule is CCOc1ccc(C(=O)NC(C)COC)cc1COc1ccc(C)cc1. The first-order chi connectivity index (χ1) is 12.5. The van der Waals surface area contributed by atoms with Crippen molar-refractivity contribution in [1.29, 1.82) is 0 Å². The zero-order chi connectivity index (χ0) is 18.9. The first kappa shape index (κ1) is 19.8. The average molecular weight is 357 g/mol. The molecule has 0 aliphatic heterocycles. The van der Waals surface area contributed by atoms with Crippen LogP contribution in [0.5, 0.6) is 11.5 Å². The molecule has 0 aliphatic carbocycles. The molecule has 5 nitrogen and oxygen atoms in total. The van der Waals surface area contributed by atoms with Crippen LogP contribution in [0.25, 0.3) is 0 Å². The molecule has 0 spiro atoms. The Morgan fingerprint density at radius 2 is 1.85 bits per heavy atom. The number of rotatable bonds is 9. The van der Waals surface area contributed by atoms with E-state index >= 15 is 0 Å². The minimum Gasteiger partial charge on any atom is -0.493 e. The van der Waals surface area contributed by atoms with E-state index in [0.717, 1.165) is 17.1 Å². The molecule has 1 unspecified atom stereocenters. The van der Waals surface area contributed by atoms with E-state index in [2.05, 4.69) is 5.32 Å². The van der Waals surface area contributed by atoms with E-state index in [1.54, 1.807) is 13.2 Å². The lowest BCUT2D eigenvalue weighted by atomic mass is 10.1. The molecular weight excluding hydrogens is 330 g/mol. The number of methoxy groups -OCH3 is 1. The Morgan fingerprint density at radius 1 is 1.12 bits per heavy atom. The van der Waals surface area contributed by atoms with Gasteiger partial charge in [0.05, 0.1) is 13.2 Å². The van der Waals surface area contributed by atoms with E-state index in [1.807, 2.05) is 57.2 Å². The normalized spacial score (nSPS) is 11.7. The van der Waals surface area contributed by atoms with E-state index < -0.39 is 0 Å². The van der Waals surface area contributed by atoms with Gasteiger partial charge in [0, 0.05) is 24.3 Å². The Morgan fingerprint density at radius 3 is 2.50 bits per heavy atom. The minimum atomic E-state index is -0.144. The van der Waals surface area contributed by atoms with Crippen molar-refractivity contribution >= 4 is 5.91 Å². The van der Waals surface area contributed by atoms with Crippen LogP contribution in [0, 0.1) is 6.92 Å². The van der Waals surface area contributed by atoms with Gasteiger partial charge in [-0.3, -0.25) is 4.79 Å². The van der Waals surface area contributed by atoms with Crippen LogP contribution in [-0.2, 0) is 11.3 Å². The zero-order valence-corrected chi connectivity index (χ0v) is 15.9. The second-order valence-corrected chi connectivity index (χ2v) is 6.19. The van der Waals surface area contributed by atoms with Crippen molar-refractivity contribution < 1.29 is 19.0 Å². The number of amides is 1. The van der Waals surface area contributed by atoms with Gasteiger partial charge < -0.3 is 19.5 Å². The minimum absolute atomic E-state index is 0.0636. The second kappa shape index (κ2) is 9.82. The van der Waals surface area contributed by atoms with Crippen LogP contribution in [-0.4, -0.2) is 32.3 Å². The molecule has 2 aromatic carbocycles. The summed E-state index contributed by atoms with van der Waals surface area (Å²) in [6.45, 7) is 7.20. The van der Waals surface area contributed by atoms with Crippen molar-refractivity contribution in [3.63, 3.8) is 0 Å². The first-order valence-corrected chi connectivity index (χ1v) is 8.78. The third kappa shape index (κ3) is 5.77. The Balaban J connectivity index is 2.13. The predicted molar refractivity (Wildman–Crippen MR) is 102 cm³/mol. The van der Waals surface area contributed by atoms with Crippen molar-refractivity contribution in [3.05, 3.63) is 59.2 Å². The van der Waals surface area contributed by atoms with Gasteiger partial charge in [0.25, 0.3) is 5.91 Å². The summed E-state index contributed by atoms with van der Waals surface area (Å²) >= 11 is 0. The number of aryl methyl sites for hydroxylation is 1. The largest absolute Gasteiger partial charge is 0.493 e. The maximum absolute atomic E-state index is 12.4. The molecule has 2 rings (SSSR count). The Labute approximate surface area is 155 Å². The lowest BCUT2D eigenvalue weighted by Gasteiger charge is -2.15. The van der Waals surface area contributed by atoms with Crippen LogP contribution < -0.4 is 14.8 Å². The van der Waals surface area contributed by atoms with E-state index in [4.69, 9.17) is 14.2 Å². The molecule has 26 heavy (non-hydrogen) atoms. The molecule has 1 N–H and O–H groups in total. The molecule has 140 valence electrons. The summed E-state index contributed by atoms with van der Waals surface area (Å²) in [4.78, 5) is 12.4. The van der Waals surface area contributed by atoms with Gasteiger partial charge in [0.15, 0.2) is 0 Å². The third-order valence-corrected chi connectivity index (χ3v) is 3.83. The van der Waals surface area contributed by atoms with Crippen molar-refractivity contribution in [2.75, 3.05) is 20.3 Å². The second-order valence-electron chi connectivity index (χ2n) is 6.19. The number of carbonyl (C=O) groups is 1. The van der Waals surface area contributed by atoms with E-state index in [9.17, 15) is 4.79 Å². The van der Waals surface area contributed by atoms with Crippen LogP contribution in [0.15, 0.2) is 42.5 Å². The highest BCUT2D eigenvalue weighted by atomic mass is 16.5. The predicted octanol–water partition coefficient (Wildman–Crippen LogP) is 3.74. The molecule has 5 heteroatoms. The Hall–Kier alpha value is -2.53. The van der Waals surface area contributed by atoms with Gasteiger partial charge in [-0.1, -0.05) is 17.7 Å². The smallest absolute Gasteiger partial charge is 0.251 e. The van der Waals surface area contributed by atoms with Crippen molar-refractivity contribution in [2.24, 2.45) is 0 Å². The lowest BCUT2D eigenvalue weighted by Crippen LogP contribution is -2.35. The standard InChI is InChI=1S/C21H27NO4/c1-5-25-20-11-8-17(21(23)22-16(3)13-24-4)12-18(20)14-26-19-9-6-15(2)7-10-19/h6-12,16H,5,13-14H2,1-4H3,(H,22,23). The van der Waals surface area contributed by atoms with Crippen LogP contribution in [0.2, 0.25) is 0 Å². The molecule has 0 saturated heterocycles. The van der Waals surface area contributed by atoms with E-state index in [-0.39, 0.29) is 11.9 Å².